The zero-order valence-corrected chi connectivity index (χ0v) is 16.3. The van der Waals surface area contributed by atoms with Gasteiger partial charge in [-0.15, -0.1) is 0 Å². The second kappa shape index (κ2) is 10.1. The van der Waals surface area contributed by atoms with Crippen molar-refractivity contribution in [2.45, 2.75) is 12.5 Å². The van der Waals surface area contributed by atoms with E-state index in [4.69, 9.17) is 26.3 Å². The maximum Gasteiger partial charge on any atom is 0.127 e. The Bertz CT molecular complexity index is 852. The minimum absolute atomic E-state index is 0.157. The SMILES string of the molecule is CN[C@H](CNO)Cc1ccc(Oc2ccc(Oc3ccc(Cl)cc3)cc2)cc1. The van der Waals surface area contributed by atoms with E-state index >= 15 is 0 Å². The number of hydrogen-bond donors (Lipinski definition) is 3. The summed E-state index contributed by atoms with van der Waals surface area (Å²) in [4.78, 5) is 0. The van der Waals surface area contributed by atoms with Crippen molar-refractivity contribution in [3.8, 4) is 23.0 Å². The van der Waals surface area contributed by atoms with Crippen LogP contribution in [0.4, 0.5) is 0 Å². The highest BCUT2D eigenvalue weighted by molar-refractivity contribution is 6.30. The van der Waals surface area contributed by atoms with Gasteiger partial charge >= 0.3 is 0 Å². The summed E-state index contributed by atoms with van der Waals surface area (Å²) in [5.41, 5.74) is 3.36. The number of nitrogens with one attached hydrogen (secondary N) is 2. The second-order valence-corrected chi connectivity index (χ2v) is 6.76. The summed E-state index contributed by atoms with van der Waals surface area (Å²) >= 11 is 5.88. The van der Waals surface area contributed by atoms with Crippen molar-refractivity contribution in [2.24, 2.45) is 0 Å². The first-order chi connectivity index (χ1) is 13.7. The quantitative estimate of drug-likeness (QED) is 0.441. The summed E-state index contributed by atoms with van der Waals surface area (Å²) in [6.45, 7) is 0.485. The van der Waals surface area contributed by atoms with Crippen LogP contribution in [-0.2, 0) is 6.42 Å². The molecule has 6 heteroatoms. The van der Waals surface area contributed by atoms with E-state index in [2.05, 4.69) is 10.8 Å². The van der Waals surface area contributed by atoms with Crippen LogP contribution in [0.15, 0.2) is 72.8 Å². The Labute approximate surface area is 169 Å². The Hall–Kier alpha value is -2.57. The fourth-order valence-corrected chi connectivity index (χ4v) is 2.84. The molecule has 3 aromatic rings. The minimum atomic E-state index is 0.157. The fraction of sp³-hybridized carbons (Fsp3) is 0.182. The van der Waals surface area contributed by atoms with Gasteiger partial charge in [0.1, 0.15) is 23.0 Å². The van der Waals surface area contributed by atoms with Gasteiger partial charge in [0.05, 0.1) is 0 Å². The summed E-state index contributed by atoms with van der Waals surface area (Å²) in [6, 6.07) is 22.7. The minimum Gasteiger partial charge on any atom is -0.457 e. The van der Waals surface area contributed by atoms with Gasteiger partial charge in [-0.3, -0.25) is 0 Å². The van der Waals surface area contributed by atoms with Crippen molar-refractivity contribution in [3.05, 3.63) is 83.4 Å². The van der Waals surface area contributed by atoms with Crippen LogP contribution in [-0.4, -0.2) is 24.8 Å². The molecule has 0 heterocycles. The lowest BCUT2D eigenvalue weighted by molar-refractivity contribution is 0.156. The number of halogens is 1. The molecule has 146 valence electrons. The first-order valence-corrected chi connectivity index (χ1v) is 9.38. The molecular weight excluding hydrogens is 376 g/mol. The van der Waals surface area contributed by atoms with Crippen molar-refractivity contribution in [3.63, 3.8) is 0 Å². The number of hydrogen-bond acceptors (Lipinski definition) is 5. The van der Waals surface area contributed by atoms with Gasteiger partial charge in [0.25, 0.3) is 0 Å². The average Bonchev–Trinajstić information content (AvgIpc) is 2.72. The largest absolute Gasteiger partial charge is 0.457 e. The topological polar surface area (TPSA) is 62.8 Å². The molecule has 0 unspecified atom stereocenters. The van der Waals surface area contributed by atoms with Gasteiger partial charge in [-0.05, 0) is 79.7 Å². The molecule has 0 aliphatic heterocycles. The van der Waals surface area contributed by atoms with E-state index < -0.39 is 0 Å². The lowest BCUT2D eigenvalue weighted by Gasteiger charge is -2.15. The molecule has 5 nitrogen and oxygen atoms in total. The van der Waals surface area contributed by atoms with Crippen LogP contribution in [0.3, 0.4) is 0 Å². The van der Waals surface area contributed by atoms with E-state index in [1.54, 1.807) is 12.1 Å². The van der Waals surface area contributed by atoms with Crippen LogP contribution in [0.1, 0.15) is 5.56 Å². The molecule has 0 aliphatic rings. The van der Waals surface area contributed by atoms with Crippen LogP contribution in [0.5, 0.6) is 23.0 Å². The van der Waals surface area contributed by atoms with Gasteiger partial charge in [0, 0.05) is 17.6 Å². The summed E-state index contributed by atoms with van der Waals surface area (Å²) < 4.78 is 11.7. The maximum absolute atomic E-state index is 8.84. The van der Waals surface area contributed by atoms with Crippen molar-refractivity contribution >= 4 is 11.6 Å². The smallest absolute Gasteiger partial charge is 0.127 e. The molecular formula is C22H23ClN2O3. The standard InChI is InChI=1S/C22H23ClN2O3/c1-24-18(15-25-26)14-16-2-6-19(7-3-16)27-21-10-12-22(13-11-21)28-20-8-4-17(23)5-9-20/h2-13,18,24-26H,14-15H2,1H3/t18-/m0/s1. The summed E-state index contributed by atoms with van der Waals surface area (Å²) in [6.07, 6.45) is 0.807. The molecule has 28 heavy (non-hydrogen) atoms. The molecule has 3 rings (SSSR count). The zero-order chi connectivity index (χ0) is 19.8. The summed E-state index contributed by atoms with van der Waals surface area (Å²) in [5.74, 6) is 2.94. The third kappa shape index (κ3) is 5.97. The number of hydroxylamine groups is 1. The Kier molecular flexibility index (Phi) is 7.28. The first-order valence-electron chi connectivity index (χ1n) is 9.01. The number of rotatable bonds is 9. The molecule has 0 saturated carbocycles. The summed E-state index contributed by atoms with van der Waals surface area (Å²) in [7, 11) is 1.87. The molecule has 3 N–H and O–H groups in total. The van der Waals surface area contributed by atoms with Crippen molar-refractivity contribution in [2.75, 3.05) is 13.6 Å². The van der Waals surface area contributed by atoms with Crippen LogP contribution in [0, 0.1) is 0 Å². The van der Waals surface area contributed by atoms with Crippen LogP contribution in [0.2, 0.25) is 5.02 Å². The van der Waals surface area contributed by atoms with E-state index in [0.29, 0.717) is 11.6 Å². The van der Waals surface area contributed by atoms with Gasteiger partial charge in [-0.1, -0.05) is 23.7 Å². The second-order valence-electron chi connectivity index (χ2n) is 6.33. The molecule has 1 atom stereocenters. The van der Waals surface area contributed by atoms with Gasteiger partial charge in [0.2, 0.25) is 0 Å². The maximum atomic E-state index is 8.84. The Morgan fingerprint density at radius 1 is 0.786 bits per heavy atom. The summed E-state index contributed by atoms with van der Waals surface area (Å²) in [5, 5.41) is 12.7. The van der Waals surface area contributed by atoms with E-state index in [9.17, 15) is 0 Å². The molecule has 0 radical (unpaired) electrons. The van der Waals surface area contributed by atoms with E-state index in [1.807, 2.05) is 67.7 Å². The van der Waals surface area contributed by atoms with Crippen molar-refractivity contribution in [1.29, 1.82) is 0 Å². The lowest BCUT2D eigenvalue weighted by atomic mass is 10.1. The lowest BCUT2D eigenvalue weighted by Crippen LogP contribution is -2.36. The van der Waals surface area contributed by atoms with Crippen molar-refractivity contribution in [1.82, 2.24) is 10.8 Å². The van der Waals surface area contributed by atoms with Crippen molar-refractivity contribution < 1.29 is 14.7 Å². The van der Waals surface area contributed by atoms with E-state index in [-0.39, 0.29) is 6.04 Å². The molecule has 0 aliphatic carbocycles. The van der Waals surface area contributed by atoms with Gasteiger partial charge < -0.3 is 20.0 Å². The molecule has 0 bridgehead atoms. The fourth-order valence-electron chi connectivity index (χ4n) is 2.72. The predicted octanol–water partition coefficient (Wildman–Crippen LogP) is 5.03. The number of ether oxygens (including phenoxy) is 2. The normalized spacial score (nSPS) is 11.8. The molecule has 0 amide bonds. The highest BCUT2D eigenvalue weighted by Gasteiger charge is 2.07. The molecule has 0 aromatic heterocycles. The van der Waals surface area contributed by atoms with Crippen LogP contribution < -0.4 is 20.3 Å². The number of benzene rings is 3. The van der Waals surface area contributed by atoms with Gasteiger partial charge in [-0.25, -0.2) is 5.48 Å². The highest BCUT2D eigenvalue weighted by atomic mass is 35.5. The Morgan fingerprint density at radius 3 is 1.64 bits per heavy atom. The first kappa shape index (κ1) is 20.2. The Morgan fingerprint density at radius 2 is 1.21 bits per heavy atom. The van der Waals surface area contributed by atoms with E-state index in [0.717, 1.165) is 35.0 Å². The third-order valence-electron chi connectivity index (χ3n) is 4.26. The van der Waals surface area contributed by atoms with Gasteiger partial charge in [-0.2, -0.15) is 0 Å². The average molecular weight is 399 g/mol. The Balaban J connectivity index is 1.57. The monoisotopic (exact) mass is 398 g/mol. The molecule has 0 saturated heterocycles. The van der Waals surface area contributed by atoms with E-state index in [1.165, 1.54) is 0 Å². The molecule has 0 spiro atoms. The predicted molar refractivity (Wildman–Crippen MR) is 111 cm³/mol. The van der Waals surface area contributed by atoms with Crippen LogP contribution >= 0.6 is 11.6 Å². The van der Waals surface area contributed by atoms with Gasteiger partial charge in [0.15, 0.2) is 0 Å². The highest BCUT2D eigenvalue weighted by Crippen LogP contribution is 2.27. The number of likely N-dealkylation sites (N-methyl/N-ethyl adjacent to an activating group) is 1. The van der Waals surface area contributed by atoms with Crippen LogP contribution in [0.25, 0.3) is 0 Å². The zero-order valence-electron chi connectivity index (χ0n) is 15.6. The molecule has 0 fully saturated rings. The third-order valence-corrected chi connectivity index (χ3v) is 4.51. The molecule has 3 aromatic carbocycles.